The Balaban J connectivity index is 1.54. The molecule has 4 heterocycles. The molecule has 0 aliphatic carbocycles. The van der Waals surface area contributed by atoms with Gasteiger partial charge in [0.05, 0.1) is 11.4 Å². The lowest BCUT2D eigenvalue weighted by atomic mass is 10.1. The second-order valence-electron chi connectivity index (χ2n) is 7.15. The van der Waals surface area contributed by atoms with E-state index in [4.69, 9.17) is 15.8 Å². The van der Waals surface area contributed by atoms with Crippen molar-refractivity contribution in [3.63, 3.8) is 0 Å². The van der Waals surface area contributed by atoms with Gasteiger partial charge in [0.1, 0.15) is 5.82 Å². The molecule has 0 bridgehead atoms. The maximum Gasteiger partial charge on any atom is 0.158 e. The van der Waals surface area contributed by atoms with Gasteiger partial charge in [0.2, 0.25) is 0 Å². The van der Waals surface area contributed by atoms with Crippen LogP contribution < -0.4 is 5.73 Å². The summed E-state index contributed by atoms with van der Waals surface area (Å²) in [6, 6.07) is 16.1. The molecule has 0 radical (unpaired) electrons. The maximum atomic E-state index is 6.37. The third-order valence-electron chi connectivity index (χ3n) is 5.29. The molecule has 0 amide bonds. The Bertz CT molecular complexity index is 1590. The number of aromatic nitrogens is 5. The van der Waals surface area contributed by atoms with Gasteiger partial charge in [-0.2, -0.15) is 9.61 Å². The number of fused-ring (bicyclic) bond motifs is 3. The molecule has 0 aliphatic heterocycles. The van der Waals surface area contributed by atoms with Crippen molar-refractivity contribution < 1.29 is 0 Å². The number of H-pyrrole nitrogens is 2. The number of nitrogens with zero attached hydrogens (tertiary/aromatic N) is 3. The topological polar surface area (TPSA) is 87.8 Å². The number of aromatic amines is 2. The maximum absolute atomic E-state index is 6.37. The van der Waals surface area contributed by atoms with Gasteiger partial charge in [0, 0.05) is 66.4 Å². The number of benzene rings is 2. The van der Waals surface area contributed by atoms with Crippen LogP contribution in [0.1, 0.15) is 0 Å². The number of anilines is 1. The highest BCUT2D eigenvalue weighted by Crippen LogP contribution is 2.33. The number of hydrogen-bond donors (Lipinski definition) is 3. The highest BCUT2D eigenvalue weighted by Gasteiger charge is 2.15. The van der Waals surface area contributed by atoms with Crippen LogP contribution in [0.25, 0.3) is 50.0 Å². The van der Waals surface area contributed by atoms with Crippen molar-refractivity contribution in [2.45, 2.75) is 0 Å². The molecule has 0 aliphatic rings. The van der Waals surface area contributed by atoms with Gasteiger partial charge < -0.3 is 15.7 Å². The Morgan fingerprint density at radius 3 is 2.00 bits per heavy atom. The molecule has 0 spiro atoms. The van der Waals surface area contributed by atoms with Gasteiger partial charge in [-0.25, -0.2) is 4.98 Å². The summed E-state index contributed by atoms with van der Waals surface area (Å²) >= 11 is 7.10. The zero-order valence-electron chi connectivity index (χ0n) is 15.4. The number of halogens is 2. The van der Waals surface area contributed by atoms with E-state index < -0.39 is 0 Å². The van der Waals surface area contributed by atoms with Gasteiger partial charge in [0.25, 0.3) is 0 Å². The van der Waals surface area contributed by atoms with Gasteiger partial charge in [-0.3, -0.25) is 0 Å². The van der Waals surface area contributed by atoms with Crippen molar-refractivity contribution in [3.05, 3.63) is 69.9 Å². The summed E-state index contributed by atoms with van der Waals surface area (Å²) in [7, 11) is 0. The zero-order chi connectivity index (χ0) is 20.4. The molecule has 6 rings (SSSR count). The normalized spacial score (nSPS) is 11.8. The van der Waals surface area contributed by atoms with E-state index >= 15 is 0 Å². The minimum absolute atomic E-state index is 0.534. The van der Waals surface area contributed by atoms with Crippen molar-refractivity contribution in [3.8, 4) is 22.5 Å². The number of rotatable bonds is 2. The van der Waals surface area contributed by atoms with Gasteiger partial charge in [-0.05, 0) is 36.4 Å². The average molecular weight is 522 g/mol. The van der Waals surface area contributed by atoms with Crippen LogP contribution in [0.2, 0.25) is 0 Å². The van der Waals surface area contributed by atoms with E-state index in [2.05, 4.69) is 54.0 Å². The average Bonchev–Trinajstić information content (AvgIpc) is 3.43. The molecule has 0 saturated carbocycles. The van der Waals surface area contributed by atoms with E-state index in [0.717, 1.165) is 53.3 Å². The predicted molar refractivity (Wildman–Crippen MR) is 127 cm³/mol. The molecule has 4 N–H and O–H groups in total. The number of nitrogens with one attached hydrogen (secondary N) is 2. The smallest absolute Gasteiger partial charge is 0.158 e. The molecule has 0 unspecified atom stereocenters. The highest BCUT2D eigenvalue weighted by molar-refractivity contribution is 9.10. The van der Waals surface area contributed by atoms with Crippen molar-refractivity contribution in [2.24, 2.45) is 0 Å². The second kappa shape index (κ2) is 6.45. The predicted octanol–water partition coefficient (Wildman–Crippen LogP) is 6.13. The van der Waals surface area contributed by atoms with Crippen molar-refractivity contribution in [2.75, 3.05) is 5.73 Å². The van der Waals surface area contributed by atoms with Crippen molar-refractivity contribution in [1.82, 2.24) is 24.6 Å². The molecule has 30 heavy (non-hydrogen) atoms. The molecule has 2 aromatic carbocycles. The monoisotopic (exact) mass is 520 g/mol. The Kier molecular flexibility index (Phi) is 3.81. The lowest BCUT2D eigenvalue weighted by Gasteiger charge is -2.04. The van der Waals surface area contributed by atoms with Gasteiger partial charge >= 0.3 is 0 Å². The lowest BCUT2D eigenvalue weighted by Crippen LogP contribution is -2.01. The molecule has 0 saturated heterocycles. The van der Waals surface area contributed by atoms with Crippen LogP contribution in [0.3, 0.4) is 0 Å². The fourth-order valence-corrected chi connectivity index (χ4v) is 4.60. The van der Waals surface area contributed by atoms with Crippen LogP contribution in [0.5, 0.6) is 0 Å². The summed E-state index contributed by atoms with van der Waals surface area (Å²) in [5.41, 5.74) is 12.8. The highest BCUT2D eigenvalue weighted by atomic mass is 79.9. The van der Waals surface area contributed by atoms with Crippen LogP contribution >= 0.6 is 31.9 Å². The SMILES string of the molecule is Nc1cc(-c2c[nH]c3ccc(Br)cc23)nc2cc(-c3c[nH]c4ccc(Br)cc34)nn12. The van der Waals surface area contributed by atoms with E-state index in [0.29, 0.717) is 11.5 Å². The standard InChI is InChI=1S/C22H14Br2N6/c23-11-1-3-17-13(5-11)15(9-26-17)19-7-21(25)30-22(28-19)8-20(29-30)16-10-27-18-4-2-12(24)6-14(16)18/h1-10,26-27H,25H2. The van der Waals surface area contributed by atoms with Crippen LogP contribution in [0.15, 0.2) is 69.9 Å². The van der Waals surface area contributed by atoms with Crippen LogP contribution in [-0.4, -0.2) is 24.6 Å². The number of hydrogen-bond acceptors (Lipinski definition) is 3. The fraction of sp³-hybridized carbons (Fsp3) is 0. The number of nitrogen functional groups attached to an aromatic ring is 1. The van der Waals surface area contributed by atoms with Gasteiger partial charge in [-0.15, -0.1) is 0 Å². The first-order valence-electron chi connectivity index (χ1n) is 9.27. The Hall–Kier alpha value is -3.10. The van der Waals surface area contributed by atoms with Crippen LogP contribution in [0, 0.1) is 0 Å². The van der Waals surface area contributed by atoms with E-state index in [1.54, 1.807) is 4.52 Å². The third-order valence-corrected chi connectivity index (χ3v) is 6.28. The molecule has 0 atom stereocenters. The molecular weight excluding hydrogens is 508 g/mol. The Labute approximate surface area is 187 Å². The Morgan fingerprint density at radius 2 is 1.37 bits per heavy atom. The van der Waals surface area contributed by atoms with Crippen molar-refractivity contribution >= 4 is 65.1 Å². The minimum atomic E-state index is 0.534. The molecule has 8 heteroatoms. The van der Waals surface area contributed by atoms with E-state index in [9.17, 15) is 0 Å². The zero-order valence-corrected chi connectivity index (χ0v) is 18.6. The molecule has 6 aromatic rings. The molecule has 0 fully saturated rings. The van der Waals surface area contributed by atoms with Gasteiger partial charge in [-0.1, -0.05) is 31.9 Å². The first-order chi connectivity index (χ1) is 14.6. The van der Waals surface area contributed by atoms with Crippen LogP contribution in [0.4, 0.5) is 5.82 Å². The first kappa shape index (κ1) is 17.7. The summed E-state index contributed by atoms with van der Waals surface area (Å²) in [6.45, 7) is 0. The summed E-state index contributed by atoms with van der Waals surface area (Å²) in [5, 5.41) is 6.89. The summed E-state index contributed by atoms with van der Waals surface area (Å²) in [5.74, 6) is 0.534. The quantitative estimate of drug-likeness (QED) is 0.256. The molecule has 4 aromatic heterocycles. The number of nitrogens with two attached hydrogens (primary N) is 1. The summed E-state index contributed by atoms with van der Waals surface area (Å²) in [6.07, 6.45) is 3.93. The Morgan fingerprint density at radius 1 is 0.767 bits per heavy atom. The van der Waals surface area contributed by atoms with E-state index in [-0.39, 0.29) is 0 Å². The molecule has 6 nitrogen and oxygen atoms in total. The van der Waals surface area contributed by atoms with E-state index in [1.807, 2.05) is 48.8 Å². The fourth-order valence-electron chi connectivity index (χ4n) is 3.88. The second-order valence-corrected chi connectivity index (χ2v) is 8.98. The summed E-state index contributed by atoms with van der Waals surface area (Å²) < 4.78 is 3.72. The third kappa shape index (κ3) is 2.68. The van der Waals surface area contributed by atoms with Crippen LogP contribution in [-0.2, 0) is 0 Å². The molecular formula is C22H14Br2N6. The molecule has 146 valence electrons. The lowest BCUT2D eigenvalue weighted by molar-refractivity contribution is 0.958. The first-order valence-corrected chi connectivity index (χ1v) is 10.9. The largest absolute Gasteiger partial charge is 0.384 e. The van der Waals surface area contributed by atoms with E-state index in [1.165, 1.54) is 0 Å². The van der Waals surface area contributed by atoms with Crippen molar-refractivity contribution in [1.29, 1.82) is 0 Å². The minimum Gasteiger partial charge on any atom is -0.384 e. The summed E-state index contributed by atoms with van der Waals surface area (Å²) in [4.78, 5) is 11.5. The van der Waals surface area contributed by atoms with Gasteiger partial charge in [0.15, 0.2) is 5.65 Å².